The lowest BCUT2D eigenvalue weighted by molar-refractivity contribution is -0.148. The van der Waals surface area contributed by atoms with Crippen molar-refractivity contribution >= 4 is 11.9 Å². The molecule has 0 bridgehead atoms. The van der Waals surface area contributed by atoms with Crippen LogP contribution in [0.2, 0.25) is 0 Å². The van der Waals surface area contributed by atoms with Crippen molar-refractivity contribution in [3.05, 3.63) is 0 Å². The maximum absolute atomic E-state index is 12.1. The fourth-order valence-corrected chi connectivity index (χ4v) is 6.12. The Morgan fingerprint density at radius 2 is 0.827 bits per heavy atom. The fraction of sp³-hybridized carbons (Fsp3) is 0.957. The maximum Gasteiger partial charge on any atom is 0.306 e. The van der Waals surface area contributed by atoms with E-state index in [0.29, 0.717) is 19.4 Å². The first-order valence-corrected chi connectivity index (χ1v) is 23.0. The Hall–Kier alpha value is -1.14. The minimum absolute atomic E-state index is 0.0379. The van der Waals surface area contributed by atoms with Crippen molar-refractivity contribution in [3.63, 3.8) is 0 Å². The molecule has 0 rings (SSSR count). The Morgan fingerprint density at radius 1 is 0.462 bits per heavy atom. The van der Waals surface area contributed by atoms with Crippen molar-refractivity contribution in [2.45, 2.75) is 254 Å². The molecule has 0 aromatic heterocycles. The van der Waals surface area contributed by atoms with Crippen molar-refractivity contribution in [1.82, 2.24) is 4.90 Å². The van der Waals surface area contributed by atoms with E-state index in [4.69, 9.17) is 9.47 Å². The molecule has 0 aliphatic heterocycles. The summed E-state index contributed by atoms with van der Waals surface area (Å²) < 4.78 is 10.7. The van der Waals surface area contributed by atoms with Crippen molar-refractivity contribution in [3.8, 4) is 0 Å². The lowest BCUT2D eigenvalue weighted by atomic mass is 10.1. The monoisotopic (exact) mass is 742 g/mol. The zero-order valence-corrected chi connectivity index (χ0v) is 36.6. The van der Waals surface area contributed by atoms with E-state index in [9.17, 15) is 14.7 Å². The van der Waals surface area contributed by atoms with Crippen LogP contribution in [0.3, 0.4) is 0 Å². The molecule has 0 spiro atoms. The van der Waals surface area contributed by atoms with Crippen LogP contribution in [0.5, 0.6) is 0 Å². The number of rotatable bonds is 37. The highest BCUT2D eigenvalue weighted by atomic mass is 16.5. The fourth-order valence-electron chi connectivity index (χ4n) is 6.12. The van der Waals surface area contributed by atoms with E-state index in [0.717, 1.165) is 90.3 Å². The molecule has 1 unspecified atom stereocenters. The summed E-state index contributed by atoms with van der Waals surface area (Å²) in [4.78, 5) is 25.9. The average molecular weight is 742 g/mol. The van der Waals surface area contributed by atoms with Crippen LogP contribution in [0.1, 0.15) is 248 Å². The lowest BCUT2D eigenvalue weighted by Gasteiger charge is -2.21. The van der Waals surface area contributed by atoms with Crippen LogP contribution in [-0.4, -0.2) is 60.9 Å². The molecule has 1 N–H and O–H groups in total. The molecule has 0 heterocycles. The van der Waals surface area contributed by atoms with Crippen LogP contribution in [0, 0.1) is 0 Å². The van der Waals surface area contributed by atoms with E-state index >= 15 is 0 Å². The predicted octanol–water partition coefficient (Wildman–Crippen LogP) is 13.9. The van der Waals surface area contributed by atoms with E-state index < -0.39 is 0 Å². The topological polar surface area (TPSA) is 76.1 Å². The van der Waals surface area contributed by atoms with Crippen molar-refractivity contribution in [1.29, 1.82) is 0 Å². The molecule has 0 saturated carbocycles. The lowest BCUT2D eigenvalue weighted by Crippen LogP contribution is -2.29. The summed E-state index contributed by atoms with van der Waals surface area (Å²) >= 11 is 0. The molecule has 0 radical (unpaired) electrons. The van der Waals surface area contributed by atoms with Crippen molar-refractivity contribution in [2.75, 3.05) is 32.8 Å². The molecule has 0 aliphatic carbocycles. The molecule has 0 aromatic rings. The molecule has 0 saturated heterocycles. The standard InChI is InChI=1S/C31H61NO5.C8H18.C7H16/c1-4-6-7-8-11-16-21-29(3)37-31(35)23-18-13-10-15-20-25-32(26-27-33)24-19-14-9-12-17-22-30(34)36-28-5-2;1-3-5-7-8-6-4-2;1-3-5-7-6-4-2/h29,33H,4-28H2,1-3H3;3-8H2,1-2H3;3-7H2,1-2H3. The number of hydrogen-bond acceptors (Lipinski definition) is 6. The zero-order chi connectivity index (χ0) is 39.2. The molecule has 6 heteroatoms. The molecule has 52 heavy (non-hydrogen) atoms. The predicted molar refractivity (Wildman–Crippen MR) is 227 cm³/mol. The van der Waals surface area contributed by atoms with E-state index in [2.05, 4.69) is 39.5 Å². The van der Waals surface area contributed by atoms with Crippen LogP contribution in [0.25, 0.3) is 0 Å². The SMILES string of the molecule is CCCCCCC.CCCCCCCC.CCCCCCCCC(C)OC(=O)CCCCCCCN(CCO)CCCCCCCC(=O)OCCC. The van der Waals surface area contributed by atoms with Gasteiger partial charge in [-0.05, 0) is 65.0 Å². The minimum Gasteiger partial charge on any atom is -0.466 e. The van der Waals surface area contributed by atoms with Gasteiger partial charge in [-0.25, -0.2) is 0 Å². The van der Waals surface area contributed by atoms with Gasteiger partial charge in [-0.15, -0.1) is 0 Å². The summed E-state index contributed by atoms with van der Waals surface area (Å²) in [5.41, 5.74) is 0. The third kappa shape index (κ3) is 51.0. The number of carbonyl (C=O) groups is 2. The Labute approximate surface area is 326 Å². The second-order valence-electron chi connectivity index (χ2n) is 15.2. The van der Waals surface area contributed by atoms with Gasteiger partial charge in [0.15, 0.2) is 0 Å². The number of ether oxygens (including phenoxy) is 2. The smallest absolute Gasteiger partial charge is 0.306 e. The normalized spacial score (nSPS) is 11.4. The molecule has 314 valence electrons. The average Bonchev–Trinajstić information content (AvgIpc) is 3.13. The van der Waals surface area contributed by atoms with Gasteiger partial charge in [-0.3, -0.25) is 9.59 Å². The number of aliphatic hydroxyl groups is 1. The first kappa shape index (κ1) is 55.2. The van der Waals surface area contributed by atoms with Gasteiger partial charge in [0.05, 0.1) is 19.3 Å². The van der Waals surface area contributed by atoms with Gasteiger partial charge in [0.2, 0.25) is 0 Å². The zero-order valence-electron chi connectivity index (χ0n) is 36.6. The number of unbranched alkanes of at least 4 members (excludes halogenated alkanes) is 22. The van der Waals surface area contributed by atoms with Gasteiger partial charge >= 0.3 is 11.9 Å². The number of carbonyl (C=O) groups excluding carboxylic acids is 2. The summed E-state index contributed by atoms with van der Waals surface area (Å²) in [6, 6.07) is 0. The number of aliphatic hydroxyl groups excluding tert-OH is 1. The number of hydrogen-bond donors (Lipinski definition) is 1. The van der Waals surface area contributed by atoms with Gasteiger partial charge in [-0.2, -0.15) is 0 Å². The van der Waals surface area contributed by atoms with Crippen LogP contribution < -0.4 is 0 Å². The summed E-state index contributed by atoms with van der Waals surface area (Å²) in [6.45, 7) is 18.8. The van der Waals surface area contributed by atoms with Gasteiger partial charge < -0.3 is 19.5 Å². The van der Waals surface area contributed by atoms with Crippen LogP contribution >= 0.6 is 0 Å². The quantitative estimate of drug-likeness (QED) is 0.0505. The molecule has 0 aliphatic rings. The highest BCUT2D eigenvalue weighted by Gasteiger charge is 2.09. The molecule has 0 aromatic carbocycles. The third-order valence-corrected chi connectivity index (χ3v) is 9.55. The van der Waals surface area contributed by atoms with E-state index in [1.54, 1.807) is 0 Å². The van der Waals surface area contributed by atoms with E-state index in [-0.39, 0.29) is 24.6 Å². The highest BCUT2D eigenvalue weighted by Crippen LogP contribution is 2.13. The van der Waals surface area contributed by atoms with Gasteiger partial charge in [-0.1, -0.05) is 183 Å². The molecule has 0 amide bonds. The first-order chi connectivity index (χ1) is 25.4. The number of nitrogens with zero attached hydrogens (tertiary/aromatic N) is 1. The Kier molecular flexibility index (Phi) is 52.9. The van der Waals surface area contributed by atoms with Gasteiger partial charge in [0, 0.05) is 19.4 Å². The summed E-state index contributed by atoms with van der Waals surface area (Å²) in [7, 11) is 0. The summed E-state index contributed by atoms with van der Waals surface area (Å²) in [5, 5.41) is 9.37. The van der Waals surface area contributed by atoms with Crippen molar-refractivity contribution < 1.29 is 24.2 Å². The summed E-state index contributed by atoms with van der Waals surface area (Å²) in [6.07, 6.45) is 37.0. The van der Waals surface area contributed by atoms with Crippen LogP contribution in [0.15, 0.2) is 0 Å². The summed E-state index contributed by atoms with van der Waals surface area (Å²) in [5.74, 6) is -0.103. The van der Waals surface area contributed by atoms with Crippen molar-refractivity contribution in [2.24, 2.45) is 0 Å². The molecule has 6 nitrogen and oxygen atoms in total. The molecule has 1 atom stereocenters. The van der Waals surface area contributed by atoms with Gasteiger partial charge in [0.25, 0.3) is 0 Å². The molecular formula is C46H95NO5. The first-order valence-electron chi connectivity index (χ1n) is 23.0. The Morgan fingerprint density at radius 3 is 1.25 bits per heavy atom. The Balaban J connectivity index is -0.00000132. The second kappa shape index (κ2) is 49.9. The maximum atomic E-state index is 12.1. The van der Waals surface area contributed by atoms with Gasteiger partial charge in [0.1, 0.15) is 0 Å². The second-order valence-corrected chi connectivity index (χ2v) is 15.2. The van der Waals surface area contributed by atoms with E-state index in [1.165, 1.54) is 116 Å². The van der Waals surface area contributed by atoms with Crippen LogP contribution in [-0.2, 0) is 19.1 Å². The third-order valence-electron chi connectivity index (χ3n) is 9.55. The van der Waals surface area contributed by atoms with Crippen LogP contribution in [0.4, 0.5) is 0 Å². The Bertz CT molecular complexity index is 663. The molecule has 0 fully saturated rings. The largest absolute Gasteiger partial charge is 0.466 e. The number of esters is 2. The molecular weight excluding hydrogens is 647 g/mol. The highest BCUT2D eigenvalue weighted by molar-refractivity contribution is 5.69. The minimum atomic E-state index is -0.0655. The van der Waals surface area contributed by atoms with E-state index in [1.807, 2.05) is 13.8 Å².